The Hall–Kier alpha value is -3.87. The zero-order valence-electron chi connectivity index (χ0n) is 17.4. The van der Waals surface area contributed by atoms with E-state index < -0.39 is 0 Å². The fraction of sp³-hybridized carbons (Fsp3) is 0.208. The first-order valence-electron chi connectivity index (χ1n) is 10.4. The molecule has 0 unspecified atom stereocenters. The van der Waals surface area contributed by atoms with Gasteiger partial charge in [-0.2, -0.15) is 0 Å². The molecule has 1 fully saturated rings. The number of carbonyl (C=O) groups is 1. The van der Waals surface area contributed by atoms with Crippen LogP contribution < -0.4 is 15.1 Å². The molecule has 0 atom stereocenters. The molecule has 1 aliphatic heterocycles. The number of amides is 1. The molecule has 5 rings (SSSR count). The zero-order valence-corrected chi connectivity index (χ0v) is 17.4. The summed E-state index contributed by atoms with van der Waals surface area (Å²) in [5, 5.41) is 4.08. The molecule has 2 N–H and O–H groups in total. The fourth-order valence-corrected chi connectivity index (χ4v) is 4.13. The van der Waals surface area contributed by atoms with Crippen LogP contribution in [0.25, 0.3) is 22.2 Å². The van der Waals surface area contributed by atoms with Crippen LogP contribution in [-0.4, -0.2) is 47.0 Å². The van der Waals surface area contributed by atoms with E-state index in [-0.39, 0.29) is 5.91 Å². The number of aromatic amines is 1. The lowest BCUT2D eigenvalue weighted by molar-refractivity contribution is -0.114. The van der Waals surface area contributed by atoms with Gasteiger partial charge in [-0.15, -0.1) is 0 Å². The number of fused-ring (bicyclic) bond motifs is 1. The number of nitrogens with zero attached hydrogens (tertiary/aromatic N) is 4. The highest BCUT2D eigenvalue weighted by Gasteiger charge is 2.20. The van der Waals surface area contributed by atoms with E-state index in [1.54, 1.807) is 6.20 Å². The van der Waals surface area contributed by atoms with Gasteiger partial charge in [0, 0.05) is 67.1 Å². The maximum absolute atomic E-state index is 11.4. The first-order valence-corrected chi connectivity index (χ1v) is 10.4. The molecule has 7 heteroatoms. The smallest absolute Gasteiger partial charge is 0.221 e. The van der Waals surface area contributed by atoms with E-state index in [1.807, 2.05) is 36.7 Å². The summed E-state index contributed by atoms with van der Waals surface area (Å²) in [6.07, 6.45) is 5.58. The maximum atomic E-state index is 11.4. The molecule has 3 heterocycles. The monoisotopic (exact) mass is 412 g/mol. The highest BCUT2D eigenvalue weighted by atomic mass is 16.1. The molecule has 0 spiro atoms. The summed E-state index contributed by atoms with van der Waals surface area (Å²) >= 11 is 0. The van der Waals surface area contributed by atoms with Crippen molar-refractivity contribution in [2.75, 3.05) is 41.3 Å². The molecule has 31 heavy (non-hydrogen) atoms. The fourth-order valence-electron chi connectivity index (χ4n) is 4.13. The van der Waals surface area contributed by atoms with Gasteiger partial charge in [-0.05, 0) is 30.3 Å². The Labute approximate surface area is 180 Å². The summed E-state index contributed by atoms with van der Waals surface area (Å²) in [4.78, 5) is 28.6. The molecule has 0 saturated carbocycles. The van der Waals surface area contributed by atoms with Gasteiger partial charge in [-0.1, -0.05) is 18.2 Å². The zero-order chi connectivity index (χ0) is 21.2. The molecule has 2 aromatic carbocycles. The number of anilines is 3. The van der Waals surface area contributed by atoms with E-state index in [0.29, 0.717) is 0 Å². The Kier molecular flexibility index (Phi) is 5.00. The number of benzene rings is 2. The quantitative estimate of drug-likeness (QED) is 0.531. The first kappa shape index (κ1) is 19.1. The second kappa shape index (κ2) is 8.10. The van der Waals surface area contributed by atoms with Gasteiger partial charge in [0.1, 0.15) is 5.82 Å². The number of rotatable bonds is 4. The third-order valence-corrected chi connectivity index (χ3v) is 5.62. The number of piperazine rings is 1. The normalized spacial score (nSPS) is 14.1. The molecular weight excluding hydrogens is 388 g/mol. The Bertz CT molecular complexity index is 1230. The molecule has 7 nitrogen and oxygen atoms in total. The van der Waals surface area contributed by atoms with Crippen LogP contribution in [0.5, 0.6) is 0 Å². The van der Waals surface area contributed by atoms with E-state index in [0.717, 1.165) is 48.9 Å². The summed E-state index contributed by atoms with van der Waals surface area (Å²) < 4.78 is 0. The lowest BCUT2D eigenvalue weighted by Crippen LogP contribution is -2.47. The van der Waals surface area contributed by atoms with Gasteiger partial charge in [0.25, 0.3) is 0 Å². The molecule has 0 aliphatic carbocycles. The number of hydrogen-bond acceptors (Lipinski definition) is 5. The first-order chi connectivity index (χ1) is 15.2. The van der Waals surface area contributed by atoms with Crippen molar-refractivity contribution in [3.05, 3.63) is 67.1 Å². The highest BCUT2D eigenvalue weighted by Crippen LogP contribution is 2.28. The average molecular weight is 412 g/mol. The molecule has 4 aromatic rings. The van der Waals surface area contributed by atoms with Crippen LogP contribution in [-0.2, 0) is 4.79 Å². The van der Waals surface area contributed by atoms with Crippen LogP contribution in [0.4, 0.5) is 17.2 Å². The van der Waals surface area contributed by atoms with E-state index in [2.05, 4.69) is 49.4 Å². The summed E-state index contributed by atoms with van der Waals surface area (Å²) in [5.74, 6) is 0.784. The minimum atomic E-state index is -0.0924. The van der Waals surface area contributed by atoms with Gasteiger partial charge >= 0.3 is 0 Å². The summed E-state index contributed by atoms with van der Waals surface area (Å²) in [7, 11) is 0. The van der Waals surface area contributed by atoms with Crippen molar-refractivity contribution in [2.45, 2.75) is 6.92 Å². The SMILES string of the molecule is CC(=O)Nc1cccc(-c2cncc(N3CCN(c4cccc5[nH]ccc45)CC3)n2)c1. The minimum Gasteiger partial charge on any atom is -0.367 e. The molecule has 1 aliphatic rings. The Morgan fingerprint density at radius 3 is 2.65 bits per heavy atom. The molecular formula is C24H24N6O. The molecule has 0 radical (unpaired) electrons. The van der Waals surface area contributed by atoms with Crippen LogP contribution in [0.2, 0.25) is 0 Å². The molecule has 1 amide bonds. The second-order valence-electron chi connectivity index (χ2n) is 7.71. The summed E-state index contributed by atoms with van der Waals surface area (Å²) in [5.41, 5.74) is 4.92. The van der Waals surface area contributed by atoms with Gasteiger partial charge < -0.3 is 20.1 Å². The maximum Gasteiger partial charge on any atom is 0.221 e. The predicted octanol–water partition coefficient (Wildman–Crippen LogP) is 3.91. The average Bonchev–Trinajstić information content (AvgIpc) is 3.28. The van der Waals surface area contributed by atoms with Crippen LogP contribution in [0.3, 0.4) is 0 Å². The predicted molar refractivity (Wildman–Crippen MR) is 124 cm³/mol. The van der Waals surface area contributed by atoms with E-state index in [4.69, 9.17) is 4.98 Å². The van der Waals surface area contributed by atoms with Gasteiger partial charge in [0.15, 0.2) is 0 Å². The molecule has 2 aromatic heterocycles. The van der Waals surface area contributed by atoms with Crippen molar-refractivity contribution < 1.29 is 4.79 Å². The number of aromatic nitrogens is 3. The van der Waals surface area contributed by atoms with Crippen LogP contribution in [0.1, 0.15) is 6.92 Å². The van der Waals surface area contributed by atoms with Crippen molar-refractivity contribution in [1.82, 2.24) is 15.0 Å². The molecule has 0 bridgehead atoms. The number of nitrogens with one attached hydrogen (secondary N) is 2. The van der Waals surface area contributed by atoms with Crippen LogP contribution >= 0.6 is 0 Å². The van der Waals surface area contributed by atoms with Gasteiger partial charge in [-0.25, -0.2) is 4.98 Å². The minimum absolute atomic E-state index is 0.0924. The summed E-state index contributed by atoms with van der Waals surface area (Å²) in [6.45, 7) is 5.11. The number of carbonyl (C=O) groups excluding carboxylic acids is 1. The van der Waals surface area contributed by atoms with Gasteiger partial charge in [0.2, 0.25) is 5.91 Å². The van der Waals surface area contributed by atoms with Crippen molar-refractivity contribution in [2.24, 2.45) is 0 Å². The van der Waals surface area contributed by atoms with E-state index in [1.165, 1.54) is 23.5 Å². The highest BCUT2D eigenvalue weighted by molar-refractivity contribution is 5.92. The lowest BCUT2D eigenvalue weighted by Gasteiger charge is -2.37. The van der Waals surface area contributed by atoms with Gasteiger partial charge in [-0.3, -0.25) is 9.78 Å². The Morgan fingerprint density at radius 1 is 1.00 bits per heavy atom. The van der Waals surface area contributed by atoms with Crippen molar-refractivity contribution in [1.29, 1.82) is 0 Å². The number of H-pyrrole nitrogens is 1. The summed E-state index contributed by atoms with van der Waals surface area (Å²) in [6, 6.07) is 16.2. The number of hydrogen-bond donors (Lipinski definition) is 2. The topological polar surface area (TPSA) is 77.2 Å². The largest absolute Gasteiger partial charge is 0.367 e. The Morgan fingerprint density at radius 2 is 1.81 bits per heavy atom. The van der Waals surface area contributed by atoms with Gasteiger partial charge in [0.05, 0.1) is 18.1 Å². The third-order valence-electron chi connectivity index (χ3n) is 5.62. The van der Waals surface area contributed by atoms with Crippen molar-refractivity contribution in [3.8, 4) is 11.3 Å². The molecule has 1 saturated heterocycles. The van der Waals surface area contributed by atoms with E-state index in [9.17, 15) is 4.79 Å². The standard InChI is InChI=1S/C24H24N6O/c1-17(31)27-19-5-2-4-18(14-19)22-15-25-16-24(28-22)30-12-10-29(11-13-30)23-7-3-6-21-20(23)8-9-26-21/h2-9,14-16,26H,10-13H2,1H3,(H,27,31). The van der Waals surface area contributed by atoms with Crippen LogP contribution in [0.15, 0.2) is 67.1 Å². The van der Waals surface area contributed by atoms with E-state index >= 15 is 0 Å². The lowest BCUT2D eigenvalue weighted by atomic mass is 10.1. The Balaban J connectivity index is 1.32. The van der Waals surface area contributed by atoms with Crippen molar-refractivity contribution >= 4 is 34.0 Å². The molecule has 156 valence electrons. The second-order valence-corrected chi connectivity index (χ2v) is 7.71. The third kappa shape index (κ3) is 3.94. The van der Waals surface area contributed by atoms with Crippen LogP contribution in [0, 0.1) is 0 Å². The van der Waals surface area contributed by atoms with Crippen molar-refractivity contribution in [3.63, 3.8) is 0 Å².